The van der Waals surface area contributed by atoms with Crippen LogP contribution in [0.25, 0.3) is 11.6 Å². The van der Waals surface area contributed by atoms with Gasteiger partial charge in [-0.25, -0.2) is 0 Å². The molecule has 61 heavy (non-hydrogen) atoms. The number of rotatable bonds is 12. The van der Waals surface area contributed by atoms with Crippen molar-refractivity contribution in [2.24, 2.45) is 17.8 Å². The van der Waals surface area contributed by atoms with Gasteiger partial charge in [0.1, 0.15) is 5.75 Å². The molecule has 9 nitrogen and oxygen atoms in total. The molecule has 0 unspecified atom stereocenters. The summed E-state index contributed by atoms with van der Waals surface area (Å²) in [5, 5.41) is 43.3. The fourth-order valence-corrected chi connectivity index (χ4v) is 14.5. The molecule has 0 aromatic heterocycles. The van der Waals surface area contributed by atoms with Crippen LogP contribution in [0, 0.1) is 17.8 Å². The van der Waals surface area contributed by atoms with Gasteiger partial charge in [-0.15, -0.1) is 0 Å². The Kier molecular flexibility index (Phi) is 12.2. The molecule has 12 heteroatoms. The monoisotopic (exact) mass is 831 g/mol. The number of hydrogen-bond acceptors (Lipinski definition) is 8. The van der Waals surface area contributed by atoms with Gasteiger partial charge in [-0.05, 0) is 104 Å². The normalized spacial score (nSPS) is 20.8. The Hall–Kier alpha value is -5.33. The third kappa shape index (κ3) is 8.36. The van der Waals surface area contributed by atoms with E-state index in [0.29, 0.717) is 12.8 Å². The van der Waals surface area contributed by atoms with Crippen molar-refractivity contribution in [2.75, 3.05) is 11.5 Å². The van der Waals surface area contributed by atoms with Crippen LogP contribution < -0.4 is 20.7 Å². The predicted molar refractivity (Wildman–Crippen MR) is 244 cm³/mol. The van der Waals surface area contributed by atoms with Gasteiger partial charge in [0.2, 0.25) is 11.8 Å². The highest BCUT2D eigenvalue weighted by Gasteiger charge is 2.58. The number of allylic oxidation sites excluding steroid dienone is 1. The minimum Gasteiger partial charge on any atom is -0.508 e. The first-order valence-electron chi connectivity index (χ1n) is 21.0. The molecule has 2 heterocycles. The van der Waals surface area contributed by atoms with Gasteiger partial charge in [0.05, 0.1) is 30.2 Å². The van der Waals surface area contributed by atoms with Crippen molar-refractivity contribution in [3.8, 4) is 5.75 Å². The van der Waals surface area contributed by atoms with E-state index >= 15 is 0 Å². The molecule has 0 spiro atoms. The first-order chi connectivity index (χ1) is 29.4. The van der Waals surface area contributed by atoms with E-state index in [9.17, 15) is 29.8 Å². The SMILES string of the molecule is CC(C)(C)[Si](OCC1=C2[C@@H](CC/C(=C/c3ccc(O)cc3)c3ccccc3)OB(O)C[C@@H]2[C@@H]2C(=O)N(c3cccc(B(O)O)c3)C(=O)[C@@H]2C1)(c1ccccc1)c1ccccc1. The third-order valence-corrected chi connectivity index (χ3v) is 17.7. The first-order valence-corrected chi connectivity index (χ1v) is 23.0. The maximum absolute atomic E-state index is 14.7. The zero-order valence-electron chi connectivity index (χ0n) is 34.7. The van der Waals surface area contributed by atoms with E-state index < -0.39 is 46.4 Å². The van der Waals surface area contributed by atoms with Crippen molar-refractivity contribution in [3.05, 3.63) is 162 Å². The molecule has 0 saturated carbocycles. The van der Waals surface area contributed by atoms with E-state index in [-0.39, 0.29) is 53.1 Å². The summed E-state index contributed by atoms with van der Waals surface area (Å²) in [7, 11) is -6.01. The van der Waals surface area contributed by atoms with Crippen molar-refractivity contribution < 1.29 is 38.8 Å². The van der Waals surface area contributed by atoms with E-state index in [4.69, 9.17) is 9.08 Å². The van der Waals surface area contributed by atoms with E-state index in [0.717, 1.165) is 38.2 Å². The van der Waals surface area contributed by atoms with Crippen LogP contribution in [0.15, 0.2) is 151 Å². The van der Waals surface area contributed by atoms with Gasteiger partial charge in [0, 0.05) is 0 Å². The number of amides is 2. The molecule has 0 bridgehead atoms. The van der Waals surface area contributed by atoms with Gasteiger partial charge < -0.3 is 29.3 Å². The van der Waals surface area contributed by atoms with Gasteiger partial charge >= 0.3 is 14.2 Å². The smallest absolute Gasteiger partial charge is 0.488 e. The number of benzene rings is 5. The van der Waals surface area contributed by atoms with Gasteiger partial charge in [0.25, 0.3) is 8.32 Å². The zero-order chi connectivity index (χ0) is 42.9. The van der Waals surface area contributed by atoms with Gasteiger partial charge in [-0.3, -0.25) is 14.5 Å². The Bertz CT molecular complexity index is 2380. The highest BCUT2D eigenvalue weighted by molar-refractivity contribution is 6.99. The summed E-state index contributed by atoms with van der Waals surface area (Å²) in [6.07, 6.45) is 2.94. The lowest BCUT2D eigenvalue weighted by molar-refractivity contribution is -0.122. The Morgan fingerprint density at radius 1 is 0.836 bits per heavy atom. The molecule has 5 aromatic carbocycles. The highest BCUT2D eigenvalue weighted by Crippen LogP contribution is 2.52. The lowest BCUT2D eigenvalue weighted by atomic mass is 9.58. The average Bonchev–Trinajstić information content (AvgIpc) is 3.51. The summed E-state index contributed by atoms with van der Waals surface area (Å²) in [5.74, 6) is -2.55. The van der Waals surface area contributed by atoms with Crippen LogP contribution in [0.2, 0.25) is 11.4 Å². The Morgan fingerprint density at radius 3 is 2.07 bits per heavy atom. The quantitative estimate of drug-likeness (QED) is 0.0523. The Labute approximate surface area is 359 Å². The lowest BCUT2D eigenvalue weighted by Gasteiger charge is -2.46. The van der Waals surface area contributed by atoms with Crippen LogP contribution >= 0.6 is 0 Å². The maximum atomic E-state index is 14.7. The Balaban J connectivity index is 1.23. The van der Waals surface area contributed by atoms with Crippen LogP contribution in [0.1, 0.15) is 51.2 Å². The molecule has 0 radical (unpaired) electrons. The molecule has 2 saturated heterocycles. The molecular formula is C49H51B2NO8Si. The summed E-state index contributed by atoms with van der Waals surface area (Å²) in [4.78, 5) is 30.5. The number of carbonyl (C=O) groups is 2. The highest BCUT2D eigenvalue weighted by atomic mass is 28.4. The predicted octanol–water partition coefficient (Wildman–Crippen LogP) is 5.97. The number of imide groups is 1. The van der Waals surface area contributed by atoms with Crippen molar-refractivity contribution in [1.29, 1.82) is 0 Å². The zero-order valence-corrected chi connectivity index (χ0v) is 35.7. The molecular weight excluding hydrogens is 780 g/mol. The fraction of sp³-hybridized carbons (Fsp3) is 0.265. The van der Waals surface area contributed by atoms with Crippen LogP contribution in [0.5, 0.6) is 5.75 Å². The van der Waals surface area contributed by atoms with Gasteiger partial charge in [0.15, 0.2) is 0 Å². The molecule has 2 amide bonds. The maximum Gasteiger partial charge on any atom is 0.488 e. The second-order valence-electron chi connectivity index (χ2n) is 17.4. The van der Waals surface area contributed by atoms with Crippen LogP contribution in [-0.2, 0) is 18.7 Å². The minimum absolute atomic E-state index is 0.132. The molecule has 2 fully saturated rings. The number of aromatic hydroxyl groups is 1. The average molecular weight is 832 g/mol. The number of fused-ring (bicyclic) bond motifs is 3. The number of phenolic OH excluding ortho intramolecular Hbond substituents is 1. The van der Waals surface area contributed by atoms with Crippen molar-refractivity contribution in [1.82, 2.24) is 0 Å². The van der Waals surface area contributed by atoms with E-state index in [1.54, 1.807) is 24.3 Å². The second-order valence-corrected chi connectivity index (χ2v) is 21.7. The van der Waals surface area contributed by atoms with E-state index in [1.807, 2.05) is 66.7 Å². The van der Waals surface area contributed by atoms with E-state index in [1.165, 1.54) is 17.0 Å². The summed E-state index contributed by atoms with van der Waals surface area (Å²) in [5.41, 5.74) is 5.24. The third-order valence-electron chi connectivity index (χ3n) is 12.7. The molecule has 4 atom stereocenters. The Morgan fingerprint density at radius 2 is 1.46 bits per heavy atom. The van der Waals surface area contributed by atoms with Crippen LogP contribution in [0.3, 0.4) is 0 Å². The molecule has 1 aliphatic carbocycles. The molecule has 3 aliphatic rings. The molecule has 4 N–H and O–H groups in total. The summed E-state index contributed by atoms with van der Waals surface area (Å²) >= 11 is 0. The number of hydrogen-bond donors (Lipinski definition) is 4. The largest absolute Gasteiger partial charge is 0.508 e. The number of nitrogens with zero attached hydrogens (tertiary/aromatic N) is 1. The van der Waals surface area contributed by atoms with Crippen molar-refractivity contribution in [2.45, 2.75) is 57.5 Å². The molecule has 2 aliphatic heterocycles. The van der Waals surface area contributed by atoms with Gasteiger partial charge in [-0.1, -0.05) is 142 Å². The van der Waals surface area contributed by atoms with E-state index in [2.05, 4.69) is 63.2 Å². The molecule has 310 valence electrons. The fourth-order valence-electron chi connectivity index (χ4n) is 9.94. The molecule has 8 rings (SSSR count). The standard InChI is InChI=1S/C49H51B2NO8Si/c1-49(2,3)61(40-18-9-5-10-19-40,41-20-11-6-12-21-41)59-32-36-29-42-46(48(55)52(47(42)54)38-17-13-16-37(30-38)51(57)58)43-31-50(56)60-44(45(36)43)27-24-35(34-14-7-4-8-15-34)28-33-22-25-39(53)26-23-33/h4-23,25-26,28,30,42-44,46,53,56-58H,24,27,29,31-32H2,1-3H3/b35-28-/t42-,43+,44-,46-/m1/s1. The van der Waals surface area contributed by atoms with Crippen LogP contribution in [-0.4, -0.2) is 67.3 Å². The summed E-state index contributed by atoms with van der Waals surface area (Å²) < 4.78 is 14.0. The van der Waals surface area contributed by atoms with Gasteiger partial charge in [-0.2, -0.15) is 0 Å². The van der Waals surface area contributed by atoms with Crippen molar-refractivity contribution >= 4 is 67.5 Å². The number of carbonyl (C=O) groups excluding carboxylic acids is 2. The second kappa shape index (κ2) is 17.6. The first kappa shape index (κ1) is 42.4. The number of anilines is 1. The topological polar surface area (TPSA) is 137 Å². The summed E-state index contributed by atoms with van der Waals surface area (Å²) in [6.45, 7) is 6.86. The van der Waals surface area contributed by atoms with Crippen LogP contribution in [0.4, 0.5) is 5.69 Å². The minimum atomic E-state index is -3.06. The molecule has 5 aromatic rings. The summed E-state index contributed by atoms with van der Waals surface area (Å²) in [6, 6.07) is 44.1. The lowest BCUT2D eigenvalue weighted by Crippen LogP contribution is -2.66. The van der Waals surface area contributed by atoms with Crippen molar-refractivity contribution in [3.63, 3.8) is 0 Å². The number of phenols is 1.